The number of carbonyl (C=O) groups is 2. The number of aliphatic hydroxyl groups excluding tert-OH is 1. The number of rotatable bonds is 11. The highest BCUT2D eigenvalue weighted by Crippen LogP contribution is 2.39. The lowest BCUT2D eigenvalue weighted by molar-refractivity contribution is -0.116. The summed E-state index contributed by atoms with van der Waals surface area (Å²) >= 11 is 0. The van der Waals surface area contributed by atoms with Gasteiger partial charge in [0.25, 0.3) is 0 Å². The third-order valence-corrected chi connectivity index (χ3v) is 6.69. The second-order valence-corrected chi connectivity index (χ2v) is 10.4. The molecule has 2 aliphatic heterocycles. The number of amides is 2. The van der Waals surface area contributed by atoms with Crippen LogP contribution in [0.2, 0.25) is 0 Å². The summed E-state index contributed by atoms with van der Waals surface area (Å²) in [6.45, 7) is 7.01. The van der Waals surface area contributed by atoms with Crippen LogP contribution >= 0.6 is 0 Å². The quantitative estimate of drug-likeness (QED) is 0.410. The van der Waals surface area contributed by atoms with E-state index in [2.05, 4.69) is 15.5 Å². The van der Waals surface area contributed by atoms with Crippen LogP contribution in [0.15, 0.2) is 42.5 Å². The number of hydrogen-bond acceptors (Lipinski definition) is 7. The Bertz CT molecular complexity index is 1070. The number of nitrogens with zero attached hydrogens (tertiary/aromatic N) is 1. The molecule has 1 fully saturated rings. The average molecular weight is 526 g/mol. The summed E-state index contributed by atoms with van der Waals surface area (Å²) in [6.07, 6.45) is 1.52. The number of hydrogen-bond donors (Lipinski definition) is 3. The minimum Gasteiger partial charge on any atom is -0.490 e. The van der Waals surface area contributed by atoms with E-state index in [1.807, 2.05) is 50.2 Å². The van der Waals surface area contributed by atoms with Gasteiger partial charge in [0.15, 0.2) is 0 Å². The van der Waals surface area contributed by atoms with Crippen LogP contribution in [-0.2, 0) is 22.6 Å². The van der Waals surface area contributed by atoms with Gasteiger partial charge in [0.05, 0.1) is 12.3 Å². The lowest BCUT2D eigenvalue weighted by atomic mass is 10.0. The smallest absolute Gasteiger partial charge is 0.407 e. The Balaban J connectivity index is 1.26. The van der Waals surface area contributed by atoms with Crippen LogP contribution in [0, 0.1) is 5.92 Å². The van der Waals surface area contributed by atoms with Crippen molar-refractivity contribution in [2.24, 2.45) is 5.92 Å². The van der Waals surface area contributed by atoms with E-state index in [0.717, 1.165) is 37.1 Å². The highest BCUT2D eigenvalue weighted by atomic mass is 16.5. The summed E-state index contributed by atoms with van der Waals surface area (Å²) in [5.74, 6) is 1.51. The number of alkyl carbamates (subject to hydrolysis) is 1. The van der Waals surface area contributed by atoms with Crippen LogP contribution < -0.4 is 20.1 Å². The van der Waals surface area contributed by atoms with Crippen molar-refractivity contribution in [1.29, 1.82) is 0 Å². The van der Waals surface area contributed by atoms with Crippen LogP contribution in [-0.4, -0.2) is 67.0 Å². The molecule has 2 heterocycles. The van der Waals surface area contributed by atoms with Crippen molar-refractivity contribution in [3.05, 3.63) is 53.6 Å². The standard InChI is InChI=1S/C29H39N3O6/c1-20(2)17-38-29(35)30-22-12-14-32(15-13-22)16-23(33)19-37-25-9-10-26(28-24(25)8-11-27(34)31-28)36-18-21-6-4-3-5-7-21/h3-7,9-10,20,22-23,33H,8,11-19H2,1-2H3,(H,30,35)(H,31,34). The molecule has 0 spiro atoms. The average Bonchev–Trinajstić information content (AvgIpc) is 2.91. The lowest BCUT2D eigenvalue weighted by Gasteiger charge is -2.33. The molecule has 1 unspecified atom stereocenters. The predicted molar refractivity (Wildman–Crippen MR) is 144 cm³/mol. The Labute approximate surface area is 224 Å². The summed E-state index contributed by atoms with van der Waals surface area (Å²) < 4.78 is 17.2. The Kier molecular flexibility index (Phi) is 9.84. The molecular weight excluding hydrogens is 486 g/mol. The number of nitrogens with one attached hydrogen (secondary N) is 2. The van der Waals surface area contributed by atoms with Gasteiger partial charge in [0.2, 0.25) is 5.91 Å². The molecule has 2 aromatic carbocycles. The van der Waals surface area contributed by atoms with E-state index in [4.69, 9.17) is 14.2 Å². The molecule has 1 atom stereocenters. The van der Waals surface area contributed by atoms with Crippen molar-refractivity contribution in [2.75, 3.05) is 38.2 Å². The fourth-order valence-electron chi connectivity index (χ4n) is 4.67. The van der Waals surface area contributed by atoms with E-state index in [1.54, 1.807) is 6.07 Å². The summed E-state index contributed by atoms with van der Waals surface area (Å²) in [4.78, 5) is 26.2. The number of piperidine rings is 1. The zero-order valence-electron chi connectivity index (χ0n) is 22.3. The van der Waals surface area contributed by atoms with Gasteiger partial charge in [-0.2, -0.15) is 0 Å². The number of carbonyl (C=O) groups excluding carboxylic acids is 2. The second-order valence-electron chi connectivity index (χ2n) is 10.4. The zero-order valence-corrected chi connectivity index (χ0v) is 22.3. The minimum absolute atomic E-state index is 0.0506. The molecule has 9 nitrogen and oxygen atoms in total. The number of likely N-dealkylation sites (tertiary alicyclic amines) is 1. The molecule has 0 saturated carbocycles. The van der Waals surface area contributed by atoms with Gasteiger partial charge in [0.1, 0.15) is 30.8 Å². The molecule has 0 aromatic heterocycles. The number of benzene rings is 2. The van der Waals surface area contributed by atoms with Crippen molar-refractivity contribution >= 4 is 17.7 Å². The molecule has 0 aliphatic carbocycles. The maximum absolute atomic E-state index is 12.1. The molecular formula is C29H39N3O6. The van der Waals surface area contributed by atoms with Gasteiger partial charge in [-0.05, 0) is 42.9 Å². The number of ether oxygens (including phenoxy) is 3. The van der Waals surface area contributed by atoms with Crippen LogP contribution in [0.5, 0.6) is 11.5 Å². The van der Waals surface area contributed by atoms with Crippen LogP contribution in [0.4, 0.5) is 10.5 Å². The van der Waals surface area contributed by atoms with E-state index in [1.165, 1.54) is 0 Å². The second kappa shape index (κ2) is 13.5. The first-order valence-corrected chi connectivity index (χ1v) is 13.5. The van der Waals surface area contributed by atoms with Crippen molar-refractivity contribution in [2.45, 2.75) is 58.3 Å². The Morgan fingerprint density at radius 2 is 1.79 bits per heavy atom. The van der Waals surface area contributed by atoms with E-state index in [-0.39, 0.29) is 24.6 Å². The largest absolute Gasteiger partial charge is 0.490 e. The monoisotopic (exact) mass is 525 g/mol. The summed E-state index contributed by atoms with van der Waals surface area (Å²) in [7, 11) is 0. The van der Waals surface area contributed by atoms with E-state index >= 15 is 0 Å². The third-order valence-electron chi connectivity index (χ3n) is 6.69. The normalized spacial score (nSPS) is 16.9. The zero-order chi connectivity index (χ0) is 26.9. The first-order chi connectivity index (χ1) is 18.4. The molecule has 4 rings (SSSR count). The molecule has 2 aliphatic rings. The summed E-state index contributed by atoms with van der Waals surface area (Å²) in [5.41, 5.74) is 2.57. The van der Waals surface area contributed by atoms with Gasteiger partial charge in [0, 0.05) is 37.7 Å². The van der Waals surface area contributed by atoms with Crippen LogP contribution in [0.25, 0.3) is 0 Å². The number of aliphatic hydroxyl groups is 1. The SMILES string of the molecule is CC(C)COC(=O)NC1CCN(CC(O)COc2ccc(OCc3ccccc3)c3c2CCC(=O)N3)CC1. The van der Waals surface area contributed by atoms with Gasteiger partial charge in [-0.15, -0.1) is 0 Å². The van der Waals surface area contributed by atoms with Crippen molar-refractivity contribution in [1.82, 2.24) is 10.2 Å². The first kappa shape index (κ1) is 27.7. The van der Waals surface area contributed by atoms with Crippen molar-refractivity contribution in [3.8, 4) is 11.5 Å². The van der Waals surface area contributed by atoms with Gasteiger partial charge in [-0.25, -0.2) is 4.79 Å². The molecule has 1 saturated heterocycles. The van der Waals surface area contributed by atoms with E-state index in [9.17, 15) is 14.7 Å². The number of anilines is 1. The van der Waals surface area contributed by atoms with Crippen LogP contribution in [0.1, 0.15) is 44.2 Å². The van der Waals surface area contributed by atoms with Gasteiger partial charge in [-0.3, -0.25) is 4.79 Å². The lowest BCUT2D eigenvalue weighted by Crippen LogP contribution is -2.47. The van der Waals surface area contributed by atoms with E-state index in [0.29, 0.717) is 55.7 Å². The van der Waals surface area contributed by atoms with Crippen molar-refractivity contribution in [3.63, 3.8) is 0 Å². The highest BCUT2D eigenvalue weighted by Gasteiger charge is 2.25. The molecule has 9 heteroatoms. The maximum Gasteiger partial charge on any atom is 0.407 e. The van der Waals surface area contributed by atoms with Gasteiger partial charge >= 0.3 is 6.09 Å². The first-order valence-electron chi connectivity index (χ1n) is 13.5. The molecule has 38 heavy (non-hydrogen) atoms. The molecule has 3 N–H and O–H groups in total. The molecule has 2 aromatic rings. The Morgan fingerprint density at radius 3 is 2.53 bits per heavy atom. The number of fused-ring (bicyclic) bond motifs is 1. The molecule has 0 bridgehead atoms. The van der Waals surface area contributed by atoms with Crippen molar-refractivity contribution < 1.29 is 28.9 Å². The van der Waals surface area contributed by atoms with Crippen LogP contribution in [0.3, 0.4) is 0 Å². The highest BCUT2D eigenvalue weighted by molar-refractivity contribution is 5.96. The summed E-state index contributed by atoms with van der Waals surface area (Å²) in [5, 5.41) is 16.5. The topological polar surface area (TPSA) is 109 Å². The van der Waals surface area contributed by atoms with E-state index < -0.39 is 6.10 Å². The summed E-state index contributed by atoms with van der Waals surface area (Å²) in [6, 6.07) is 13.6. The Hall–Kier alpha value is -3.30. The molecule has 0 radical (unpaired) electrons. The molecule has 2 amide bonds. The fraction of sp³-hybridized carbons (Fsp3) is 0.517. The predicted octanol–water partition coefficient (Wildman–Crippen LogP) is 3.74. The number of β-amino-alcohol motifs (C(OH)–C–C–N with tert-alkyl or cyclic N) is 1. The van der Waals surface area contributed by atoms with Gasteiger partial charge < -0.3 is 34.9 Å². The van der Waals surface area contributed by atoms with Gasteiger partial charge in [-0.1, -0.05) is 44.2 Å². The maximum atomic E-state index is 12.1. The Morgan fingerprint density at radius 1 is 1.05 bits per heavy atom. The minimum atomic E-state index is -0.668. The third kappa shape index (κ3) is 8.10. The molecule has 206 valence electrons. The fourth-order valence-corrected chi connectivity index (χ4v) is 4.67.